The number of amides is 1. The molecule has 0 saturated carbocycles. The molecule has 1 amide bonds. The summed E-state index contributed by atoms with van der Waals surface area (Å²) in [5.41, 5.74) is 0. The lowest BCUT2D eigenvalue weighted by molar-refractivity contribution is -0.121. The summed E-state index contributed by atoms with van der Waals surface area (Å²) in [6, 6.07) is 9.73. The molecule has 1 aromatic carbocycles. The number of carbonyl (C=O) groups excluding carboxylic acids is 1. The molecule has 2 aromatic heterocycles. The highest BCUT2D eigenvalue weighted by atomic mass is 32.1. The van der Waals surface area contributed by atoms with Gasteiger partial charge in [-0.05, 0) is 48.6 Å². The summed E-state index contributed by atoms with van der Waals surface area (Å²) >= 11 is 1.55. The summed E-state index contributed by atoms with van der Waals surface area (Å²) < 4.78 is 23.5. The summed E-state index contributed by atoms with van der Waals surface area (Å²) in [4.78, 5) is 17.1. The number of hydrogen-bond donors (Lipinski definition) is 1. The van der Waals surface area contributed by atoms with Crippen molar-refractivity contribution in [3.63, 3.8) is 0 Å². The van der Waals surface area contributed by atoms with E-state index >= 15 is 0 Å². The number of nitrogens with one attached hydrogen (secondary N) is 1. The van der Waals surface area contributed by atoms with Crippen molar-refractivity contribution in [2.75, 3.05) is 13.2 Å². The summed E-state index contributed by atoms with van der Waals surface area (Å²) in [7, 11) is 0. The molecule has 0 fully saturated rings. The Morgan fingerprint density at radius 3 is 2.85 bits per heavy atom. The maximum Gasteiger partial charge on any atom is 0.226 e. The minimum Gasteiger partial charge on any atom is -0.494 e. The van der Waals surface area contributed by atoms with Crippen molar-refractivity contribution in [3.8, 4) is 16.5 Å². The first kappa shape index (κ1) is 19.0. The van der Waals surface area contributed by atoms with Crippen molar-refractivity contribution in [1.29, 1.82) is 0 Å². The molecule has 0 atom stereocenters. The van der Waals surface area contributed by atoms with E-state index < -0.39 is 0 Å². The predicted octanol–water partition coefficient (Wildman–Crippen LogP) is 3.85. The van der Waals surface area contributed by atoms with Crippen LogP contribution in [0.25, 0.3) is 10.7 Å². The number of hydrogen-bond acceptors (Lipinski definition) is 6. The Labute approximate surface area is 160 Å². The van der Waals surface area contributed by atoms with Gasteiger partial charge in [-0.15, -0.1) is 11.3 Å². The monoisotopic (exact) mass is 389 g/mol. The van der Waals surface area contributed by atoms with Crippen LogP contribution in [-0.2, 0) is 11.2 Å². The molecule has 8 heteroatoms. The predicted molar refractivity (Wildman–Crippen MR) is 100 cm³/mol. The van der Waals surface area contributed by atoms with Crippen LogP contribution >= 0.6 is 11.3 Å². The minimum atomic E-state index is -0.294. The van der Waals surface area contributed by atoms with E-state index in [1.807, 2.05) is 17.5 Å². The van der Waals surface area contributed by atoms with Gasteiger partial charge >= 0.3 is 0 Å². The van der Waals surface area contributed by atoms with Crippen molar-refractivity contribution < 1.29 is 18.4 Å². The SMILES string of the molecule is O=C(CCCc1nc(-c2cccs2)no1)NCCCOc1ccc(F)cc1. The maximum atomic E-state index is 12.8. The molecule has 142 valence electrons. The Morgan fingerprint density at radius 1 is 1.22 bits per heavy atom. The lowest BCUT2D eigenvalue weighted by Crippen LogP contribution is -2.25. The zero-order valence-electron chi connectivity index (χ0n) is 14.7. The van der Waals surface area contributed by atoms with E-state index in [2.05, 4.69) is 15.5 Å². The van der Waals surface area contributed by atoms with Crippen molar-refractivity contribution in [1.82, 2.24) is 15.5 Å². The Balaban J connectivity index is 1.26. The second-order valence-corrected chi connectivity index (χ2v) is 6.80. The van der Waals surface area contributed by atoms with Gasteiger partial charge in [-0.1, -0.05) is 11.2 Å². The number of thiophene rings is 1. The number of rotatable bonds is 10. The number of aryl methyl sites for hydroxylation is 1. The van der Waals surface area contributed by atoms with Crippen LogP contribution in [0.1, 0.15) is 25.2 Å². The first-order valence-corrected chi connectivity index (χ1v) is 9.60. The highest BCUT2D eigenvalue weighted by Gasteiger charge is 2.10. The Kier molecular flexibility index (Phi) is 6.92. The number of benzene rings is 1. The third kappa shape index (κ3) is 6.18. The quantitative estimate of drug-likeness (QED) is 0.533. The van der Waals surface area contributed by atoms with E-state index in [4.69, 9.17) is 9.26 Å². The van der Waals surface area contributed by atoms with Gasteiger partial charge in [0, 0.05) is 19.4 Å². The largest absolute Gasteiger partial charge is 0.494 e. The van der Waals surface area contributed by atoms with E-state index in [1.54, 1.807) is 23.5 Å². The number of halogens is 1. The molecule has 1 N–H and O–H groups in total. The molecule has 0 aliphatic rings. The molecule has 0 spiro atoms. The number of aromatic nitrogens is 2. The van der Waals surface area contributed by atoms with Crippen LogP contribution in [0.4, 0.5) is 4.39 Å². The Bertz CT molecular complexity index is 834. The van der Waals surface area contributed by atoms with Crippen molar-refractivity contribution >= 4 is 17.2 Å². The second-order valence-electron chi connectivity index (χ2n) is 5.85. The number of carbonyl (C=O) groups is 1. The third-order valence-corrected chi connectivity index (χ3v) is 4.60. The topological polar surface area (TPSA) is 77.2 Å². The summed E-state index contributed by atoms with van der Waals surface area (Å²) in [5.74, 6) is 1.43. The van der Waals surface area contributed by atoms with Gasteiger partial charge in [0.25, 0.3) is 0 Å². The van der Waals surface area contributed by atoms with E-state index in [-0.39, 0.29) is 11.7 Å². The Morgan fingerprint density at radius 2 is 2.07 bits per heavy atom. The van der Waals surface area contributed by atoms with Gasteiger partial charge in [0.15, 0.2) is 0 Å². The lowest BCUT2D eigenvalue weighted by Gasteiger charge is -2.07. The first-order valence-electron chi connectivity index (χ1n) is 8.72. The molecule has 0 aliphatic heterocycles. The molecule has 0 aliphatic carbocycles. The standard InChI is InChI=1S/C19H20FN3O3S/c20-14-7-9-15(10-8-14)25-12-3-11-21-17(24)5-1-6-18-22-19(23-26-18)16-4-2-13-27-16/h2,4,7-10,13H,1,3,5-6,11-12H2,(H,21,24). The van der Waals surface area contributed by atoms with E-state index in [9.17, 15) is 9.18 Å². The maximum absolute atomic E-state index is 12.8. The van der Waals surface area contributed by atoms with Crippen LogP contribution in [0.2, 0.25) is 0 Å². The second kappa shape index (κ2) is 9.82. The molecule has 0 bridgehead atoms. The van der Waals surface area contributed by atoms with E-state index in [0.29, 0.717) is 56.3 Å². The molecular formula is C19H20FN3O3S. The molecule has 27 heavy (non-hydrogen) atoms. The summed E-state index contributed by atoms with van der Waals surface area (Å²) in [5, 5.41) is 8.75. The van der Waals surface area contributed by atoms with Crippen LogP contribution < -0.4 is 10.1 Å². The summed E-state index contributed by atoms with van der Waals surface area (Å²) in [6.45, 7) is 0.989. The average Bonchev–Trinajstić information content (AvgIpc) is 3.34. The van der Waals surface area contributed by atoms with Crippen LogP contribution in [0.5, 0.6) is 5.75 Å². The number of nitrogens with zero attached hydrogens (tertiary/aromatic N) is 2. The molecule has 3 aromatic rings. The van der Waals surface area contributed by atoms with Crippen LogP contribution in [0.15, 0.2) is 46.3 Å². The van der Waals surface area contributed by atoms with Crippen LogP contribution in [0.3, 0.4) is 0 Å². The van der Waals surface area contributed by atoms with Gasteiger partial charge in [0.05, 0.1) is 11.5 Å². The van der Waals surface area contributed by atoms with Gasteiger partial charge in [0.1, 0.15) is 11.6 Å². The average molecular weight is 389 g/mol. The zero-order valence-corrected chi connectivity index (χ0v) is 15.5. The molecule has 2 heterocycles. The minimum absolute atomic E-state index is 0.0187. The van der Waals surface area contributed by atoms with Gasteiger partial charge in [0.2, 0.25) is 17.6 Å². The molecule has 0 radical (unpaired) electrons. The molecule has 0 saturated heterocycles. The zero-order chi connectivity index (χ0) is 18.9. The molecular weight excluding hydrogens is 369 g/mol. The third-order valence-electron chi connectivity index (χ3n) is 3.73. The fourth-order valence-corrected chi connectivity index (χ4v) is 3.02. The van der Waals surface area contributed by atoms with Crippen molar-refractivity contribution in [2.24, 2.45) is 0 Å². The lowest BCUT2D eigenvalue weighted by atomic mass is 10.2. The highest BCUT2D eigenvalue weighted by Crippen LogP contribution is 2.21. The van der Waals surface area contributed by atoms with Gasteiger partial charge in [-0.25, -0.2) is 4.39 Å². The first-order chi connectivity index (χ1) is 13.2. The van der Waals surface area contributed by atoms with Crippen LogP contribution in [0, 0.1) is 5.82 Å². The molecule has 3 rings (SSSR count). The van der Waals surface area contributed by atoms with E-state index in [0.717, 1.165) is 4.88 Å². The molecule has 0 unspecified atom stereocenters. The van der Waals surface area contributed by atoms with Crippen molar-refractivity contribution in [2.45, 2.75) is 25.7 Å². The smallest absolute Gasteiger partial charge is 0.226 e. The Hall–Kier alpha value is -2.74. The van der Waals surface area contributed by atoms with Gasteiger partial charge in [-0.2, -0.15) is 4.98 Å². The van der Waals surface area contributed by atoms with Crippen molar-refractivity contribution in [3.05, 3.63) is 53.5 Å². The fraction of sp³-hybridized carbons (Fsp3) is 0.316. The fourth-order valence-electron chi connectivity index (χ4n) is 2.37. The number of ether oxygens (including phenoxy) is 1. The van der Waals surface area contributed by atoms with Gasteiger partial charge in [-0.3, -0.25) is 4.79 Å². The highest BCUT2D eigenvalue weighted by molar-refractivity contribution is 7.13. The normalized spacial score (nSPS) is 10.7. The van der Waals surface area contributed by atoms with E-state index in [1.165, 1.54) is 12.1 Å². The molecule has 6 nitrogen and oxygen atoms in total. The summed E-state index contributed by atoms with van der Waals surface area (Å²) in [6.07, 6.45) is 2.29. The van der Waals surface area contributed by atoms with Gasteiger partial charge < -0.3 is 14.6 Å². The van der Waals surface area contributed by atoms with Crippen LogP contribution in [-0.4, -0.2) is 29.2 Å².